The summed E-state index contributed by atoms with van der Waals surface area (Å²) in [4.78, 5) is 16.0. The summed E-state index contributed by atoms with van der Waals surface area (Å²) in [5.74, 6) is 1.36. The smallest absolute Gasteiger partial charge is 0.338 e. The van der Waals surface area contributed by atoms with E-state index in [1.165, 1.54) is 0 Å². The molecular formula is C17H23N5O2. The summed E-state index contributed by atoms with van der Waals surface area (Å²) in [5, 5.41) is 14.2. The van der Waals surface area contributed by atoms with E-state index in [4.69, 9.17) is 4.74 Å². The van der Waals surface area contributed by atoms with Gasteiger partial charge in [-0.25, -0.2) is 4.79 Å². The normalized spacial score (nSPS) is 10.5. The molecule has 0 amide bonds. The van der Waals surface area contributed by atoms with Crippen LogP contribution in [-0.2, 0) is 4.74 Å². The molecule has 0 saturated carbocycles. The third kappa shape index (κ3) is 5.49. The zero-order valence-corrected chi connectivity index (χ0v) is 14.2. The molecule has 2 N–H and O–H groups in total. The first-order valence-electron chi connectivity index (χ1n) is 8.06. The number of benzene rings is 1. The third-order valence-electron chi connectivity index (χ3n) is 3.23. The first kappa shape index (κ1) is 17.7. The van der Waals surface area contributed by atoms with Crippen molar-refractivity contribution in [2.45, 2.75) is 27.2 Å². The van der Waals surface area contributed by atoms with Crippen molar-refractivity contribution >= 4 is 23.4 Å². The molecule has 0 bridgehead atoms. The lowest BCUT2D eigenvalue weighted by Crippen LogP contribution is -2.09. The number of ether oxygens (including phenoxy) is 1. The van der Waals surface area contributed by atoms with E-state index in [2.05, 4.69) is 39.7 Å². The van der Waals surface area contributed by atoms with Gasteiger partial charge in [0.05, 0.1) is 18.4 Å². The highest BCUT2D eigenvalue weighted by Crippen LogP contribution is 2.16. The molecule has 0 fully saturated rings. The van der Waals surface area contributed by atoms with Crippen molar-refractivity contribution in [3.05, 3.63) is 36.0 Å². The molecule has 2 rings (SSSR count). The molecular weight excluding hydrogens is 306 g/mol. The van der Waals surface area contributed by atoms with Gasteiger partial charge in [-0.15, -0.1) is 5.10 Å². The topological polar surface area (TPSA) is 89.0 Å². The van der Waals surface area contributed by atoms with Gasteiger partial charge in [-0.2, -0.15) is 10.1 Å². The number of esters is 1. The lowest BCUT2D eigenvalue weighted by molar-refractivity contribution is 0.0526. The number of nitrogens with one attached hydrogen (secondary N) is 2. The fraction of sp³-hybridized carbons (Fsp3) is 0.412. The van der Waals surface area contributed by atoms with Crippen molar-refractivity contribution in [3.63, 3.8) is 0 Å². The second-order valence-corrected chi connectivity index (χ2v) is 5.70. The summed E-state index contributed by atoms with van der Waals surface area (Å²) < 4.78 is 4.96. The summed E-state index contributed by atoms with van der Waals surface area (Å²) in [6.07, 6.45) is 2.59. The summed E-state index contributed by atoms with van der Waals surface area (Å²) >= 11 is 0. The molecule has 0 spiro atoms. The molecule has 0 saturated heterocycles. The van der Waals surface area contributed by atoms with Gasteiger partial charge in [-0.1, -0.05) is 13.8 Å². The molecule has 0 unspecified atom stereocenters. The Balaban J connectivity index is 1.96. The standard InChI is InChI=1S/C17H23N5O2/c1-4-24-16(23)13-5-7-14(8-6-13)20-15-11-19-22-17(21-15)18-10-9-12(2)3/h5-8,11-12H,4,9-10H2,1-3H3,(H2,18,20,21,22). The molecule has 0 aliphatic carbocycles. The zero-order chi connectivity index (χ0) is 17.4. The van der Waals surface area contributed by atoms with Gasteiger partial charge >= 0.3 is 5.97 Å². The second-order valence-electron chi connectivity index (χ2n) is 5.70. The molecule has 0 atom stereocenters. The van der Waals surface area contributed by atoms with Crippen LogP contribution in [-0.4, -0.2) is 34.3 Å². The molecule has 2 aromatic rings. The van der Waals surface area contributed by atoms with Crippen molar-refractivity contribution in [1.82, 2.24) is 15.2 Å². The predicted molar refractivity (Wildman–Crippen MR) is 93.5 cm³/mol. The van der Waals surface area contributed by atoms with E-state index in [1.54, 1.807) is 37.4 Å². The first-order valence-corrected chi connectivity index (χ1v) is 8.06. The van der Waals surface area contributed by atoms with Crippen molar-refractivity contribution in [3.8, 4) is 0 Å². The SMILES string of the molecule is CCOC(=O)c1ccc(Nc2cnnc(NCCC(C)C)n2)cc1. The molecule has 1 heterocycles. The Morgan fingerprint density at radius 2 is 2.00 bits per heavy atom. The van der Waals surface area contributed by atoms with Gasteiger partial charge in [-0.05, 0) is 43.5 Å². The highest BCUT2D eigenvalue weighted by Gasteiger charge is 2.06. The number of carbonyl (C=O) groups excluding carboxylic acids is 1. The van der Waals surface area contributed by atoms with Crippen molar-refractivity contribution in [2.24, 2.45) is 5.92 Å². The summed E-state index contributed by atoms with van der Waals surface area (Å²) in [6.45, 7) is 7.27. The Hall–Kier alpha value is -2.70. The highest BCUT2D eigenvalue weighted by molar-refractivity contribution is 5.89. The van der Waals surface area contributed by atoms with E-state index in [0.29, 0.717) is 29.9 Å². The van der Waals surface area contributed by atoms with Gasteiger partial charge in [0.25, 0.3) is 0 Å². The number of anilines is 3. The second kappa shape index (κ2) is 8.81. The number of rotatable bonds is 8. The van der Waals surface area contributed by atoms with Crippen LogP contribution in [0.25, 0.3) is 0 Å². The molecule has 1 aromatic heterocycles. The van der Waals surface area contributed by atoms with Crippen LogP contribution in [0.4, 0.5) is 17.5 Å². The van der Waals surface area contributed by atoms with E-state index in [0.717, 1.165) is 18.7 Å². The number of nitrogens with zero attached hydrogens (tertiary/aromatic N) is 3. The van der Waals surface area contributed by atoms with Crippen LogP contribution in [0.15, 0.2) is 30.5 Å². The lowest BCUT2D eigenvalue weighted by atomic mass is 10.1. The molecule has 1 aromatic carbocycles. The van der Waals surface area contributed by atoms with Crippen LogP contribution in [0, 0.1) is 5.92 Å². The minimum Gasteiger partial charge on any atom is -0.462 e. The van der Waals surface area contributed by atoms with E-state index in [9.17, 15) is 4.79 Å². The summed E-state index contributed by atoms with van der Waals surface area (Å²) in [7, 11) is 0. The largest absolute Gasteiger partial charge is 0.462 e. The number of hydrogen-bond donors (Lipinski definition) is 2. The Labute approximate surface area is 141 Å². The van der Waals surface area contributed by atoms with Gasteiger partial charge in [0.1, 0.15) is 0 Å². The van der Waals surface area contributed by atoms with Crippen LogP contribution in [0.3, 0.4) is 0 Å². The number of hydrogen-bond acceptors (Lipinski definition) is 7. The third-order valence-corrected chi connectivity index (χ3v) is 3.23. The number of aromatic nitrogens is 3. The average molecular weight is 329 g/mol. The molecule has 7 heteroatoms. The average Bonchev–Trinajstić information content (AvgIpc) is 2.56. The minimum atomic E-state index is -0.329. The molecule has 0 aliphatic heterocycles. The number of carbonyl (C=O) groups is 1. The van der Waals surface area contributed by atoms with Gasteiger partial charge in [0.15, 0.2) is 5.82 Å². The monoisotopic (exact) mass is 329 g/mol. The van der Waals surface area contributed by atoms with Crippen LogP contribution >= 0.6 is 0 Å². The summed E-state index contributed by atoms with van der Waals surface area (Å²) in [6, 6.07) is 6.99. The quantitative estimate of drug-likeness (QED) is 0.719. The van der Waals surface area contributed by atoms with Crippen molar-refractivity contribution < 1.29 is 9.53 Å². The molecule has 7 nitrogen and oxygen atoms in total. The Bertz CT molecular complexity index is 658. The van der Waals surface area contributed by atoms with Gasteiger partial charge < -0.3 is 15.4 Å². The van der Waals surface area contributed by atoms with Crippen LogP contribution < -0.4 is 10.6 Å². The first-order chi connectivity index (χ1) is 11.6. The van der Waals surface area contributed by atoms with Crippen LogP contribution in [0.2, 0.25) is 0 Å². The predicted octanol–water partition coefficient (Wildman–Crippen LogP) is 3.25. The minimum absolute atomic E-state index is 0.329. The maximum atomic E-state index is 11.6. The zero-order valence-electron chi connectivity index (χ0n) is 14.2. The Morgan fingerprint density at radius 1 is 1.25 bits per heavy atom. The van der Waals surface area contributed by atoms with E-state index in [1.807, 2.05) is 0 Å². The van der Waals surface area contributed by atoms with Crippen molar-refractivity contribution in [1.29, 1.82) is 0 Å². The maximum Gasteiger partial charge on any atom is 0.338 e. The van der Waals surface area contributed by atoms with E-state index < -0.39 is 0 Å². The molecule has 128 valence electrons. The van der Waals surface area contributed by atoms with Gasteiger partial charge in [-0.3, -0.25) is 0 Å². The van der Waals surface area contributed by atoms with Crippen LogP contribution in [0.1, 0.15) is 37.6 Å². The Morgan fingerprint density at radius 3 is 2.67 bits per heavy atom. The molecule has 24 heavy (non-hydrogen) atoms. The Kier molecular flexibility index (Phi) is 6.48. The fourth-order valence-electron chi connectivity index (χ4n) is 1.96. The fourth-order valence-corrected chi connectivity index (χ4v) is 1.96. The van der Waals surface area contributed by atoms with Crippen molar-refractivity contribution in [2.75, 3.05) is 23.8 Å². The lowest BCUT2D eigenvalue weighted by Gasteiger charge is -2.09. The van der Waals surface area contributed by atoms with Gasteiger partial charge in [0, 0.05) is 12.2 Å². The van der Waals surface area contributed by atoms with E-state index >= 15 is 0 Å². The molecule has 0 radical (unpaired) electrons. The maximum absolute atomic E-state index is 11.6. The van der Waals surface area contributed by atoms with E-state index in [-0.39, 0.29) is 5.97 Å². The summed E-state index contributed by atoms with van der Waals surface area (Å²) in [5.41, 5.74) is 1.32. The highest BCUT2D eigenvalue weighted by atomic mass is 16.5. The van der Waals surface area contributed by atoms with Crippen LogP contribution in [0.5, 0.6) is 0 Å². The molecule has 0 aliphatic rings. The van der Waals surface area contributed by atoms with Gasteiger partial charge in [0.2, 0.25) is 5.95 Å².